The van der Waals surface area contributed by atoms with Gasteiger partial charge in [0.1, 0.15) is 11.6 Å². The largest absolute Gasteiger partial charge is 0.416 e. The highest BCUT2D eigenvalue weighted by molar-refractivity contribution is 6.02. The van der Waals surface area contributed by atoms with Crippen molar-refractivity contribution in [3.8, 4) is 33.4 Å². The van der Waals surface area contributed by atoms with Crippen molar-refractivity contribution in [2.45, 2.75) is 23.2 Å². The summed E-state index contributed by atoms with van der Waals surface area (Å²) in [4.78, 5) is 3.94. The molecule has 0 saturated carbocycles. The topological polar surface area (TPSA) is 6.48 Å². The highest BCUT2D eigenvalue weighted by Crippen LogP contribution is 2.60. The van der Waals surface area contributed by atoms with Gasteiger partial charge in [0, 0.05) is 44.6 Å². The van der Waals surface area contributed by atoms with E-state index in [4.69, 9.17) is 0 Å². The van der Waals surface area contributed by atoms with Gasteiger partial charge in [-0.2, -0.15) is 26.3 Å². The molecule has 2 atom stereocenters. The van der Waals surface area contributed by atoms with Crippen molar-refractivity contribution in [1.82, 2.24) is 0 Å². The van der Waals surface area contributed by atoms with E-state index >= 15 is 8.78 Å². The molecule has 0 bridgehead atoms. The standard InChI is InChI=1S/C88H56F8N2/c1-3-55-27-31-59(32-28-55)85(61-35-39-63(40-36-61)87(91,92)93)77-23-11-9-21-71(77)73-47-43-65(51-79(73)85)97(83-25-13-17-57-15-5-7-19-69(57)83)67-45-49-75(81(89)53-67)76-50-46-68(54-82(76)90)98(84-26-14-18-58-16-6-8-20-70(58)84)66-44-48-74-72-22-10-12-24-78(72)86(80(74)52-66,60-33-29-56(4-2)30-34-60)62-37-41-64(42-38-62)88(94,95)96/h3-54H,1-2H2. The molecule has 2 aliphatic rings. The minimum Gasteiger partial charge on any atom is -0.310 e. The third-order valence-corrected chi connectivity index (χ3v) is 19.7. The summed E-state index contributed by atoms with van der Waals surface area (Å²) in [7, 11) is 0. The molecule has 0 N–H and O–H groups in total. The predicted molar refractivity (Wildman–Crippen MR) is 381 cm³/mol. The fraction of sp³-hybridized carbons (Fsp3) is 0.0455. The number of fused-ring (bicyclic) bond motifs is 8. The van der Waals surface area contributed by atoms with Crippen molar-refractivity contribution in [3.63, 3.8) is 0 Å². The molecule has 474 valence electrons. The van der Waals surface area contributed by atoms with Gasteiger partial charge in [-0.1, -0.05) is 232 Å². The summed E-state index contributed by atoms with van der Waals surface area (Å²) in [5, 5.41) is 3.55. The molecule has 0 aromatic heterocycles. The smallest absolute Gasteiger partial charge is 0.310 e. The van der Waals surface area contributed by atoms with E-state index in [-0.39, 0.29) is 11.1 Å². The van der Waals surface area contributed by atoms with E-state index in [0.29, 0.717) is 45.3 Å². The highest BCUT2D eigenvalue weighted by atomic mass is 19.4. The number of halogens is 8. The first-order valence-electron chi connectivity index (χ1n) is 32.0. The number of anilines is 6. The number of nitrogens with zero attached hydrogens (tertiary/aromatic N) is 2. The quantitative estimate of drug-likeness (QED) is 0.106. The average Bonchev–Trinajstić information content (AvgIpc) is 1.54. The Morgan fingerprint density at radius 2 is 0.592 bits per heavy atom. The zero-order chi connectivity index (χ0) is 67.2. The Balaban J connectivity index is 0.845. The Morgan fingerprint density at radius 3 is 0.949 bits per heavy atom. The highest BCUT2D eigenvalue weighted by Gasteiger charge is 2.49. The maximum Gasteiger partial charge on any atom is 0.416 e. The Kier molecular flexibility index (Phi) is 14.6. The molecule has 0 aliphatic heterocycles. The van der Waals surface area contributed by atoms with Crippen LogP contribution in [-0.2, 0) is 23.2 Å². The summed E-state index contributed by atoms with van der Waals surface area (Å²) in [5.74, 6) is -1.42. The van der Waals surface area contributed by atoms with Gasteiger partial charge >= 0.3 is 12.4 Å². The number of hydrogen-bond donors (Lipinski definition) is 0. The van der Waals surface area contributed by atoms with Crippen molar-refractivity contribution in [1.29, 1.82) is 0 Å². The van der Waals surface area contributed by atoms with Crippen LogP contribution >= 0.6 is 0 Å². The molecule has 0 radical (unpaired) electrons. The number of alkyl halides is 6. The molecule has 2 nitrogen and oxygen atoms in total. The molecule has 0 amide bonds. The second-order valence-electron chi connectivity index (χ2n) is 24.8. The molecule has 2 aliphatic carbocycles. The minimum absolute atomic E-state index is 0.000156. The van der Waals surface area contributed by atoms with E-state index in [1.165, 1.54) is 12.1 Å². The average molecular weight is 1290 g/mol. The molecule has 16 rings (SSSR count). The Labute approximate surface area is 561 Å². The van der Waals surface area contributed by atoms with Crippen LogP contribution in [0.1, 0.15) is 66.8 Å². The van der Waals surface area contributed by atoms with E-state index in [2.05, 4.69) is 25.3 Å². The molecular weight excluding hydrogens is 1240 g/mol. The van der Waals surface area contributed by atoms with E-state index < -0.39 is 45.9 Å². The Morgan fingerprint density at radius 1 is 0.286 bits per heavy atom. The predicted octanol–water partition coefficient (Wildman–Crippen LogP) is 24.9. The lowest BCUT2D eigenvalue weighted by Gasteiger charge is -2.35. The first-order chi connectivity index (χ1) is 47.6. The van der Waals surface area contributed by atoms with E-state index in [1.807, 2.05) is 216 Å². The summed E-state index contributed by atoms with van der Waals surface area (Å²) in [5.41, 5.74) is 11.2. The minimum atomic E-state index is -4.57. The molecule has 14 aromatic rings. The molecule has 2 unspecified atom stereocenters. The normalized spacial score (nSPS) is 15.3. The van der Waals surface area contributed by atoms with Crippen LogP contribution in [0.3, 0.4) is 0 Å². The first-order valence-corrected chi connectivity index (χ1v) is 32.0. The molecule has 0 heterocycles. The molecular formula is C88H56F8N2. The number of benzene rings is 14. The molecule has 0 fully saturated rings. The van der Waals surface area contributed by atoms with Gasteiger partial charge in [0.05, 0.1) is 33.3 Å². The van der Waals surface area contributed by atoms with Gasteiger partial charge in [-0.15, -0.1) is 0 Å². The third-order valence-electron chi connectivity index (χ3n) is 19.7. The van der Waals surface area contributed by atoms with Crippen molar-refractivity contribution < 1.29 is 35.1 Å². The van der Waals surface area contributed by atoms with Crippen LogP contribution in [0, 0.1) is 11.6 Å². The Hall–Kier alpha value is -11.9. The van der Waals surface area contributed by atoms with Crippen LogP contribution in [-0.4, -0.2) is 0 Å². The van der Waals surface area contributed by atoms with Gasteiger partial charge in [-0.25, -0.2) is 8.78 Å². The number of rotatable bonds is 13. The first kappa shape index (κ1) is 61.0. The van der Waals surface area contributed by atoms with Gasteiger partial charge in [-0.05, 0) is 186 Å². The molecule has 0 spiro atoms. The molecule has 98 heavy (non-hydrogen) atoms. The summed E-state index contributed by atoms with van der Waals surface area (Å²) in [6.07, 6.45) is -5.67. The Bertz CT molecular complexity index is 5150. The van der Waals surface area contributed by atoms with Crippen LogP contribution in [0.15, 0.2) is 316 Å². The lowest BCUT2D eigenvalue weighted by Crippen LogP contribution is -2.29. The zero-order valence-electron chi connectivity index (χ0n) is 52.4. The second-order valence-corrected chi connectivity index (χ2v) is 24.8. The summed E-state index contributed by atoms with van der Waals surface area (Å²) in [6.45, 7) is 7.96. The summed E-state index contributed by atoms with van der Waals surface area (Å²) in [6, 6.07) is 91.5. The van der Waals surface area contributed by atoms with E-state index in [9.17, 15) is 26.3 Å². The van der Waals surface area contributed by atoms with Crippen LogP contribution < -0.4 is 9.80 Å². The second kappa shape index (κ2) is 23.5. The van der Waals surface area contributed by atoms with Crippen molar-refractivity contribution >= 4 is 67.8 Å². The van der Waals surface area contributed by atoms with Gasteiger partial charge < -0.3 is 9.80 Å². The van der Waals surface area contributed by atoms with Crippen LogP contribution in [0.4, 0.5) is 69.2 Å². The van der Waals surface area contributed by atoms with Crippen molar-refractivity contribution in [2.75, 3.05) is 9.80 Å². The van der Waals surface area contributed by atoms with Crippen LogP contribution in [0.25, 0.3) is 67.1 Å². The SMILES string of the molecule is C=Cc1ccc(C2(c3ccc(C(F)(F)F)cc3)c3ccccc3-c3ccc(N(c4ccc(-c5ccc(N(c6ccc7c(c6)C(c6ccc(C=C)cc6)(c6ccc(C(F)(F)F)cc6)c6ccccc6-7)c6cccc7ccccc67)cc5F)c(F)c4)c4cccc5ccccc45)cc32)cc1. The van der Waals surface area contributed by atoms with E-state index in [0.717, 1.165) is 113 Å². The monoisotopic (exact) mass is 1290 g/mol. The van der Waals surface area contributed by atoms with Gasteiger partial charge in [0.25, 0.3) is 0 Å². The van der Waals surface area contributed by atoms with Gasteiger partial charge in [0.15, 0.2) is 0 Å². The van der Waals surface area contributed by atoms with Crippen molar-refractivity contribution in [2.24, 2.45) is 0 Å². The molecule has 0 saturated heterocycles. The molecule has 14 aromatic carbocycles. The zero-order valence-corrected chi connectivity index (χ0v) is 52.4. The third kappa shape index (κ3) is 9.75. The maximum absolute atomic E-state index is 17.9. The summed E-state index contributed by atoms with van der Waals surface area (Å²) < 4.78 is 122. The number of hydrogen-bond acceptors (Lipinski definition) is 2. The summed E-state index contributed by atoms with van der Waals surface area (Å²) >= 11 is 0. The van der Waals surface area contributed by atoms with Crippen LogP contribution in [0.2, 0.25) is 0 Å². The lowest BCUT2D eigenvalue weighted by molar-refractivity contribution is -0.138. The van der Waals surface area contributed by atoms with Gasteiger partial charge in [-0.3, -0.25) is 0 Å². The van der Waals surface area contributed by atoms with Crippen LogP contribution in [0.5, 0.6) is 0 Å². The fourth-order valence-corrected chi connectivity index (χ4v) is 15.3. The lowest BCUT2D eigenvalue weighted by atomic mass is 9.67. The maximum atomic E-state index is 17.9. The molecule has 10 heteroatoms. The fourth-order valence-electron chi connectivity index (χ4n) is 15.3. The van der Waals surface area contributed by atoms with Gasteiger partial charge in [0.2, 0.25) is 0 Å². The van der Waals surface area contributed by atoms with Crippen molar-refractivity contribution in [3.05, 3.63) is 395 Å². The van der Waals surface area contributed by atoms with E-state index in [1.54, 1.807) is 60.7 Å².